The summed E-state index contributed by atoms with van der Waals surface area (Å²) in [4.78, 5) is 38.2. The van der Waals surface area contributed by atoms with E-state index in [-0.39, 0.29) is 17.3 Å². The first-order valence-corrected chi connectivity index (χ1v) is 6.77. The molecule has 1 fully saturated rings. The zero-order valence-corrected chi connectivity index (χ0v) is 11.3. The van der Waals surface area contributed by atoms with Crippen molar-refractivity contribution in [3.05, 3.63) is 34.2 Å². The fourth-order valence-corrected chi connectivity index (χ4v) is 2.88. The second kappa shape index (κ2) is 5.08. The second-order valence-electron chi connectivity index (χ2n) is 5.21. The second-order valence-corrected chi connectivity index (χ2v) is 5.21. The van der Waals surface area contributed by atoms with E-state index in [9.17, 15) is 14.4 Å². The van der Waals surface area contributed by atoms with Crippen molar-refractivity contribution < 1.29 is 14.7 Å². The largest absolute Gasteiger partial charge is 0.478 e. The maximum absolute atomic E-state index is 12.1. The highest BCUT2D eigenvalue weighted by Gasteiger charge is 2.23. The molecule has 7 heteroatoms. The number of hydrogen-bond acceptors (Lipinski definition) is 3. The third-order valence-electron chi connectivity index (χ3n) is 3.98. The number of piperidine rings is 1. The number of aromatic nitrogens is 2. The molecule has 2 heterocycles. The summed E-state index contributed by atoms with van der Waals surface area (Å²) in [5, 5.41) is 8.99. The maximum Gasteiger partial charge on any atom is 0.335 e. The number of carboxylic acid groups (broad SMARTS) is 1. The van der Waals surface area contributed by atoms with Gasteiger partial charge in [-0.25, -0.2) is 9.59 Å². The molecule has 0 saturated carbocycles. The van der Waals surface area contributed by atoms with Gasteiger partial charge in [-0.15, -0.1) is 0 Å². The molecule has 110 valence electrons. The fraction of sp³-hybridized carbons (Fsp3) is 0.357. The highest BCUT2D eigenvalue weighted by atomic mass is 16.4. The van der Waals surface area contributed by atoms with Crippen LogP contribution in [-0.2, 0) is 4.79 Å². The van der Waals surface area contributed by atoms with Crippen molar-refractivity contribution in [3.8, 4) is 0 Å². The SMILES string of the molecule is O=CN1CCC(n2c(=O)[nH]c3cc(C(=O)O)ccc32)CC1. The number of likely N-dealkylation sites (tertiary alicyclic amines) is 1. The first kappa shape index (κ1) is 13.4. The number of benzene rings is 1. The molecule has 0 aliphatic carbocycles. The molecule has 1 aromatic carbocycles. The van der Waals surface area contributed by atoms with Crippen LogP contribution in [0.1, 0.15) is 29.2 Å². The Hall–Kier alpha value is -2.57. The van der Waals surface area contributed by atoms with Gasteiger partial charge in [0.2, 0.25) is 6.41 Å². The number of imidazole rings is 1. The summed E-state index contributed by atoms with van der Waals surface area (Å²) in [5.41, 5.74) is 1.14. The van der Waals surface area contributed by atoms with Crippen molar-refractivity contribution in [2.24, 2.45) is 0 Å². The standard InChI is InChI=1S/C14H15N3O4/c18-8-16-5-3-10(4-6-16)17-12-2-1-9(13(19)20)7-11(12)15-14(17)21/h1-2,7-8,10H,3-6H2,(H,15,21)(H,19,20). The van der Waals surface area contributed by atoms with E-state index in [4.69, 9.17) is 5.11 Å². The van der Waals surface area contributed by atoms with E-state index in [1.807, 2.05) is 0 Å². The Morgan fingerprint density at radius 1 is 1.33 bits per heavy atom. The molecule has 1 aliphatic heterocycles. The van der Waals surface area contributed by atoms with Gasteiger partial charge < -0.3 is 15.0 Å². The molecule has 2 N–H and O–H groups in total. The van der Waals surface area contributed by atoms with Gasteiger partial charge >= 0.3 is 11.7 Å². The van der Waals surface area contributed by atoms with Crippen LogP contribution in [0.4, 0.5) is 0 Å². The third kappa shape index (κ3) is 2.31. The normalized spacial score (nSPS) is 16.3. The van der Waals surface area contributed by atoms with Gasteiger partial charge in [0.1, 0.15) is 0 Å². The van der Waals surface area contributed by atoms with E-state index < -0.39 is 5.97 Å². The molecule has 21 heavy (non-hydrogen) atoms. The van der Waals surface area contributed by atoms with Crippen LogP contribution in [-0.4, -0.2) is 45.0 Å². The zero-order valence-electron chi connectivity index (χ0n) is 11.3. The molecule has 1 aliphatic rings. The average Bonchev–Trinajstić information content (AvgIpc) is 2.82. The van der Waals surface area contributed by atoms with Gasteiger partial charge in [0.15, 0.2) is 0 Å². The Labute approximate surface area is 119 Å². The first-order valence-electron chi connectivity index (χ1n) is 6.77. The number of carboxylic acids is 1. The third-order valence-corrected chi connectivity index (χ3v) is 3.98. The number of carbonyl (C=O) groups is 2. The van der Waals surface area contributed by atoms with Gasteiger partial charge in [0.05, 0.1) is 16.6 Å². The number of rotatable bonds is 3. The van der Waals surface area contributed by atoms with Crippen LogP contribution in [0.5, 0.6) is 0 Å². The Kier molecular flexibility index (Phi) is 3.25. The number of aromatic amines is 1. The lowest BCUT2D eigenvalue weighted by molar-refractivity contribution is -0.119. The van der Waals surface area contributed by atoms with Crippen molar-refractivity contribution in [3.63, 3.8) is 0 Å². The van der Waals surface area contributed by atoms with E-state index in [2.05, 4.69) is 4.98 Å². The summed E-state index contributed by atoms with van der Waals surface area (Å²) in [6, 6.07) is 4.64. The van der Waals surface area contributed by atoms with E-state index in [1.165, 1.54) is 12.1 Å². The summed E-state index contributed by atoms with van der Waals surface area (Å²) in [5.74, 6) is -1.02. The average molecular weight is 289 g/mol. The van der Waals surface area contributed by atoms with Crippen LogP contribution >= 0.6 is 0 Å². The summed E-state index contributed by atoms with van der Waals surface area (Å²) >= 11 is 0. The molecular formula is C14H15N3O4. The summed E-state index contributed by atoms with van der Waals surface area (Å²) in [7, 11) is 0. The molecule has 7 nitrogen and oxygen atoms in total. The highest BCUT2D eigenvalue weighted by Crippen LogP contribution is 2.24. The van der Waals surface area contributed by atoms with Crippen LogP contribution in [0.15, 0.2) is 23.0 Å². The van der Waals surface area contributed by atoms with Gasteiger partial charge in [-0.3, -0.25) is 9.36 Å². The van der Waals surface area contributed by atoms with Gasteiger partial charge in [0.25, 0.3) is 0 Å². The molecular weight excluding hydrogens is 274 g/mol. The van der Waals surface area contributed by atoms with E-state index in [1.54, 1.807) is 15.5 Å². The van der Waals surface area contributed by atoms with Crippen molar-refractivity contribution in [2.75, 3.05) is 13.1 Å². The van der Waals surface area contributed by atoms with Gasteiger partial charge in [0, 0.05) is 19.1 Å². The molecule has 0 radical (unpaired) electrons. The topological polar surface area (TPSA) is 95.4 Å². The molecule has 0 bridgehead atoms. The predicted octanol–water partition coefficient (Wildman–Crippen LogP) is 0.821. The Bertz CT molecular complexity index is 753. The van der Waals surface area contributed by atoms with Gasteiger partial charge in [-0.2, -0.15) is 0 Å². The minimum atomic E-state index is -1.02. The lowest BCUT2D eigenvalue weighted by Crippen LogP contribution is -2.36. The number of H-pyrrole nitrogens is 1. The lowest BCUT2D eigenvalue weighted by Gasteiger charge is -2.29. The quantitative estimate of drug-likeness (QED) is 0.818. The fourth-order valence-electron chi connectivity index (χ4n) is 2.88. The smallest absolute Gasteiger partial charge is 0.335 e. The highest BCUT2D eigenvalue weighted by molar-refractivity contribution is 5.92. The predicted molar refractivity (Wildman–Crippen MR) is 75.4 cm³/mol. The van der Waals surface area contributed by atoms with Gasteiger partial charge in [-0.05, 0) is 31.0 Å². The Morgan fingerprint density at radius 3 is 2.67 bits per heavy atom. The maximum atomic E-state index is 12.1. The number of amides is 1. The number of nitrogens with zero attached hydrogens (tertiary/aromatic N) is 2. The van der Waals surface area contributed by atoms with E-state index in [0.29, 0.717) is 37.0 Å². The zero-order chi connectivity index (χ0) is 15.0. The van der Waals surface area contributed by atoms with Crippen molar-refractivity contribution in [2.45, 2.75) is 18.9 Å². The molecule has 0 spiro atoms. The number of hydrogen-bond donors (Lipinski definition) is 2. The first-order chi connectivity index (χ1) is 10.1. The van der Waals surface area contributed by atoms with Crippen molar-refractivity contribution in [1.82, 2.24) is 14.5 Å². The van der Waals surface area contributed by atoms with Crippen molar-refractivity contribution in [1.29, 1.82) is 0 Å². The van der Waals surface area contributed by atoms with Crippen LogP contribution in [0, 0.1) is 0 Å². The van der Waals surface area contributed by atoms with Crippen LogP contribution in [0.2, 0.25) is 0 Å². The Morgan fingerprint density at radius 2 is 2.05 bits per heavy atom. The minimum Gasteiger partial charge on any atom is -0.478 e. The van der Waals surface area contributed by atoms with Gasteiger partial charge in [-0.1, -0.05) is 0 Å². The van der Waals surface area contributed by atoms with E-state index in [0.717, 1.165) is 6.41 Å². The number of fused-ring (bicyclic) bond motifs is 1. The summed E-state index contributed by atoms with van der Waals surface area (Å²) < 4.78 is 1.67. The van der Waals surface area contributed by atoms with Crippen LogP contribution in [0.25, 0.3) is 11.0 Å². The Balaban J connectivity index is 1.99. The summed E-state index contributed by atoms with van der Waals surface area (Å²) in [6.45, 7) is 1.25. The number of nitrogens with one attached hydrogen (secondary N) is 1. The molecule has 1 saturated heterocycles. The number of aromatic carboxylic acids is 1. The summed E-state index contributed by atoms with van der Waals surface area (Å²) in [6.07, 6.45) is 2.26. The molecule has 0 atom stereocenters. The number of carbonyl (C=O) groups excluding carboxylic acids is 1. The monoisotopic (exact) mass is 289 g/mol. The molecule has 1 amide bonds. The molecule has 1 aromatic heterocycles. The minimum absolute atomic E-state index is 0.0260. The molecule has 2 aromatic rings. The lowest BCUT2D eigenvalue weighted by atomic mass is 10.0. The molecule has 0 unspecified atom stereocenters. The van der Waals surface area contributed by atoms with E-state index >= 15 is 0 Å². The van der Waals surface area contributed by atoms with Crippen LogP contribution in [0.3, 0.4) is 0 Å². The van der Waals surface area contributed by atoms with Crippen molar-refractivity contribution >= 4 is 23.4 Å². The molecule has 3 rings (SSSR count). The van der Waals surface area contributed by atoms with Crippen LogP contribution < -0.4 is 5.69 Å².